The molecule has 0 bridgehead atoms. The van der Waals surface area contributed by atoms with Gasteiger partial charge in [0.2, 0.25) is 5.88 Å². The van der Waals surface area contributed by atoms with Crippen molar-refractivity contribution in [2.45, 2.75) is 13.8 Å². The van der Waals surface area contributed by atoms with Crippen LogP contribution >= 0.6 is 23.2 Å². The summed E-state index contributed by atoms with van der Waals surface area (Å²) in [5, 5.41) is 9.73. The zero-order chi connectivity index (χ0) is 14.9. The summed E-state index contributed by atoms with van der Waals surface area (Å²) in [5.41, 5.74) is 1.68. The van der Waals surface area contributed by atoms with Gasteiger partial charge in [-0.25, -0.2) is 9.78 Å². The van der Waals surface area contributed by atoms with E-state index in [2.05, 4.69) is 4.98 Å². The molecule has 2 aromatic rings. The Bertz CT molecular complexity index is 663. The molecule has 0 atom stereocenters. The minimum Gasteiger partial charge on any atom is -0.478 e. The Hall–Kier alpha value is -1.78. The number of hydrogen-bond acceptors (Lipinski definition) is 3. The van der Waals surface area contributed by atoms with E-state index in [9.17, 15) is 4.79 Å². The predicted molar refractivity (Wildman–Crippen MR) is 77.2 cm³/mol. The second kappa shape index (κ2) is 5.69. The molecule has 104 valence electrons. The van der Waals surface area contributed by atoms with Crippen molar-refractivity contribution >= 4 is 29.2 Å². The number of nitrogens with zero attached hydrogens (tertiary/aromatic N) is 1. The first kappa shape index (κ1) is 14.6. The van der Waals surface area contributed by atoms with E-state index in [1.807, 2.05) is 13.8 Å². The van der Waals surface area contributed by atoms with Crippen LogP contribution in [0.4, 0.5) is 0 Å². The number of hydrogen-bond donors (Lipinski definition) is 1. The molecule has 0 amide bonds. The molecule has 0 spiro atoms. The maximum absolute atomic E-state index is 11.0. The average molecular weight is 312 g/mol. The number of aromatic nitrogens is 1. The number of aromatic carboxylic acids is 1. The first-order chi connectivity index (χ1) is 9.38. The molecule has 2 rings (SSSR count). The highest BCUT2D eigenvalue weighted by Gasteiger charge is 2.12. The molecule has 0 unspecified atom stereocenters. The van der Waals surface area contributed by atoms with Gasteiger partial charge in [0.15, 0.2) is 0 Å². The van der Waals surface area contributed by atoms with Crippen molar-refractivity contribution in [3.05, 3.63) is 51.1 Å². The molecule has 0 aliphatic heterocycles. The Morgan fingerprint density at radius 1 is 1.20 bits per heavy atom. The highest BCUT2D eigenvalue weighted by atomic mass is 35.5. The van der Waals surface area contributed by atoms with Crippen LogP contribution in [0.3, 0.4) is 0 Å². The number of aryl methyl sites for hydroxylation is 2. The summed E-state index contributed by atoms with van der Waals surface area (Å²) in [6.07, 6.45) is 1.25. The third-order valence-electron chi connectivity index (χ3n) is 2.69. The molecule has 20 heavy (non-hydrogen) atoms. The molecule has 4 nitrogen and oxygen atoms in total. The van der Waals surface area contributed by atoms with Crippen molar-refractivity contribution in [1.82, 2.24) is 4.98 Å². The third-order valence-corrected chi connectivity index (χ3v) is 3.59. The Labute approximate surface area is 125 Å². The number of ether oxygens (including phenoxy) is 1. The van der Waals surface area contributed by atoms with E-state index in [-0.39, 0.29) is 16.5 Å². The number of pyridine rings is 1. The molecule has 0 aliphatic carbocycles. The van der Waals surface area contributed by atoms with Crippen LogP contribution in [0.2, 0.25) is 10.0 Å². The topological polar surface area (TPSA) is 59.4 Å². The van der Waals surface area contributed by atoms with Crippen LogP contribution in [0.15, 0.2) is 24.4 Å². The fraction of sp³-hybridized carbons (Fsp3) is 0.143. The molecule has 1 N–H and O–H groups in total. The predicted octanol–water partition coefficient (Wildman–Crippen LogP) is 4.50. The van der Waals surface area contributed by atoms with Crippen LogP contribution in [0.25, 0.3) is 0 Å². The van der Waals surface area contributed by atoms with E-state index >= 15 is 0 Å². The number of carboxylic acid groups (broad SMARTS) is 1. The summed E-state index contributed by atoms with van der Waals surface area (Å²) in [5.74, 6) is -0.436. The molecule has 0 saturated carbocycles. The summed E-state index contributed by atoms with van der Waals surface area (Å²) in [4.78, 5) is 14.9. The van der Waals surface area contributed by atoms with Crippen LogP contribution in [0.5, 0.6) is 11.6 Å². The van der Waals surface area contributed by atoms with Gasteiger partial charge in [0.25, 0.3) is 0 Å². The minimum absolute atomic E-state index is 0.0564. The van der Waals surface area contributed by atoms with E-state index < -0.39 is 5.97 Å². The smallest absolute Gasteiger partial charge is 0.337 e. The molecule has 1 aromatic carbocycles. The van der Waals surface area contributed by atoms with E-state index in [1.54, 1.807) is 12.1 Å². The largest absolute Gasteiger partial charge is 0.478 e. The monoisotopic (exact) mass is 311 g/mol. The van der Waals surface area contributed by atoms with Crippen LogP contribution < -0.4 is 4.74 Å². The van der Waals surface area contributed by atoms with Crippen molar-refractivity contribution in [3.63, 3.8) is 0 Å². The third kappa shape index (κ3) is 3.03. The Balaban J connectivity index is 2.35. The van der Waals surface area contributed by atoms with Crippen molar-refractivity contribution in [2.75, 3.05) is 0 Å². The van der Waals surface area contributed by atoms with Crippen molar-refractivity contribution in [1.29, 1.82) is 0 Å². The van der Waals surface area contributed by atoms with Crippen molar-refractivity contribution < 1.29 is 14.6 Å². The number of carbonyl (C=O) groups is 1. The zero-order valence-corrected chi connectivity index (χ0v) is 12.3. The van der Waals surface area contributed by atoms with E-state index in [0.717, 1.165) is 11.1 Å². The molecule has 0 radical (unpaired) electrons. The van der Waals surface area contributed by atoms with Gasteiger partial charge in [-0.1, -0.05) is 23.2 Å². The molecule has 0 aliphatic rings. The quantitative estimate of drug-likeness (QED) is 0.906. The highest BCUT2D eigenvalue weighted by molar-refractivity contribution is 6.33. The first-order valence-electron chi connectivity index (χ1n) is 5.72. The molecule has 6 heteroatoms. The van der Waals surface area contributed by atoms with Gasteiger partial charge in [0.05, 0.1) is 16.8 Å². The van der Waals surface area contributed by atoms with Gasteiger partial charge in [-0.3, -0.25) is 0 Å². The lowest BCUT2D eigenvalue weighted by molar-refractivity contribution is 0.0696. The van der Waals surface area contributed by atoms with Gasteiger partial charge < -0.3 is 9.84 Å². The van der Waals surface area contributed by atoms with Crippen LogP contribution in [0, 0.1) is 13.8 Å². The van der Waals surface area contributed by atoms with Gasteiger partial charge in [-0.05, 0) is 37.1 Å². The Morgan fingerprint density at radius 3 is 2.35 bits per heavy atom. The lowest BCUT2D eigenvalue weighted by Gasteiger charge is -2.09. The summed E-state index contributed by atoms with van der Waals surface area (Å²) >= 11 is 11.8. The second-order valence-electron chi connectivity index (χ2n) is 4.28. The lowest BCUT2D eigenvalue weighted by atomic mass is 10.1. The van der Waals surface area contributed by atoms with Crippen LogP contribution in [-0.4, -0.2) is 16.1 Å². The minimum atomic E-state index is -1.13. The standard InChI is InChI=1S/C14H11Cl2NO3/c1-7-3-9(4-8(2)13(7)16)20-12-5-10(14(18)19)11(15)6-17-12/h3-6H,1-2H3,(H,18,19). The van der Waals surface area contributed by atoms with Crippen molar-refractivity contribution in [2.24, 2.45) is 0 Å². The molecule has 0 fully saturated rings. The first-order valence-corrected chi connectivity index (χ1v) is 6.47. The normalized spacial score (nSPS) is 10.4. The fourth-order valence-electron chi connectivity index (χ4n) is 1.73. The maximum Gasteiger partial charge on any atom is 0.337 e. The lowest BCUT2D eigenvalue weighted by Crippen LogP contribution is -1.99. The molecular formula is C14H11Cl2NO3. The van der Waals surface area contributed by atoms with E-state index in [1.165, 1.54) is 12.3 Å². The number of carboxylic acids is 1. The van der Waals surface area contributed by atoms with Crippen LogP contribution in [0.1, 0.15) is 21.5 Å². The van der Waals surface area contributed by atoms with E-state index in [4.69, 9.17) is 33.0 Å². The number of halogens is 2. The van der Waals surface area contributed by atoms with E-state index in [0.29, 0.717) is 10.8 Å². The fourth-order valence-corrected chi connectivity index (χ4v) is 2.02. The molecule has 0 saturated heterocycles. The summed E-state index contributed by atoms with van der Waals surface area (Å²) in [6, 6.07) is 4.79. The Morgan fingerprint density at radius 2 is 1.80 bits per heavy atom. The summed E-state index contributed by atoms with van der Waals surface area (Å²) in [7, 11) is 0. The van der Waals surface area contributed by atoms with Gasteiger partial charge in [-0.2, -0.15) is 0 Å². The Kier molecular flexibility index (Phi) is 4.16. The zero-order valence-electron chi connectivity index (χ0n) is 10.8. The maximum atomic E-state index is 11.0. The summed E-state index contributed by atoms with van der Waals surface area (Å²) in [6.45, 7) is 3.72. The number of benzene rings is 1. The van der Waals surface area contributed by atoms with Gasteiger partial charge >= 0.3 is 5.97 Å². The van der Waals surface area contributed by atoms with Gasteiger partial charge in [0.1, 0.15) is 5.75 Å². The number of rotatable bonds is 3. The second-order valence-corrected chi connectivity index (χ2v) is 5.07. The van der Waals surface area contributed by atoms with Gasteiger partial charge in [0, 0.05) is 11.1 Å². The SMILES string of the molecule is Cc1cc(Oc2cc(C(=O)O)c(Cl)cn2)cc(C)c1Cl. The average Bonchev–Trinajstić information content (AvgIpc) is 2.38. The van der Waals surface area contributed by atoms with Crippen molar-refractivity contribution in [3.8, 4) is 11.6 Å². The van der Waals surface area contributed by atoms with Gasteiger partial charge in [-0.15, -0.1) is 0 Å². The molecular weight excluding hydrogens is 301 g/mol. The molecule has 1 aromatic heterocycles. The highest BCUT2D eigenvalue weighted by Crippen LogP contribution is 2.29. The molecule has 1 heterocycles. The van der Waals surface area contributed by atoms with Crippen LogP contribution in [-0.2, 0) is 0 Å². The summed E-state index contributed by atoms with van der Waals surface area (Å²) < 4.78 is 5.55.